The number of aliphatic carboxylic acids is 1. The van der Waals surface area contributed by atoms with Crippen molar-refractivity contribution in [2.45, 2.75) is 19.9 Å². The van der Waals surface area contributed by atoms with Crippen molar-refractivity contribution >= 4 is 23.2 Å². The van der Waals surface area contributed by atoms with E-state index in [9.17, 15) is 18.4 Å². The summed E-state index contributed by atoms with van der Waals surface area (Å²) in [6.45, 7) is 1.86. The Bertz CT molecular complexity index is 730. The first-order chi connectivity index (χ1) is 10.9. The monoisotopic (exact) mass is 339 g/mol. The van der Waals surface area contributed by atoms with Crippen LogP contribution >= 0.6 is 11.3 Å². The molecule has 1 aromatic carbocycles. The van der Waals surface area contributed by atoms with Crippen LogP contribution in [0.5, 0.6) is 0 Å². The number of benzene rings is 1. The Labute approximate surface area is 136 Å². The van der Waals surface area contributed by atoms with E-state index in [0.717, 1.165) is 17.0 Å². The molecule has 0 aliphatic rings. The van der Waals surface area contributed by atoms with E-state index in [0.29, 0.717) is 10.4 Å². The zero-order valence-corrected chi connectivity index (χ0v) is 13.2. The highest BCUT2D eigenvalue weighted by Gasteiger charge is 2.19. The SMILES string of the molecule is Cc1ccc(C(=O)N(CCC(=O)O)Cc2ccc(F)c(F)c2)s1. The summed E-state index contributed by atoms with van der Waals surface area (Å²) in [7, 11) is 0. The molecule has 4 nitrogen and oxygen atoms in total. The first kappa shape index (κ1) is 17.1. The minimum absolute atomic E-state index is 0.00981. The number of hydrogen-bond donors (Lipinski definition) is 1. The summed E-state index contributed by atoms with van der Waals surface area (Å²) in [4.78, 5) is 26.0. The molecule has 0 saturated carbocycles. The molecule has 0 saturated heterocycles. The van der Waals surface area contributed by atoms with Crippen LogP contribution in [-0.4, -0.2) is 28.4 Å². The molecule has 0 spiro atoms. The van der Waals surface area contributed by atoms with Gasteiger partial charge in [0, 0.05) is 18.0 Å². The van der Waals surface area contributed by atoms with Gasteiger partial charge in [0.05, 0.1) is 11.3 Å². The fourth-order valence-corrected chi connectivity index (χ4v) is 2.88. The van der Waals surface area contributed by atoms with Gasteiger partial charge in [-0.3, -0.25) is 9.59 Å². The van der Waals surface area contributed by atoms with Gasteiger partial charge in [-0.2, -0.15) is 0 Å². The Hall–Kier alpha value is -2.28. The lowest BCUT2D eigenvalue weighted by Crippen LogP contribution is -2.32. The molecule has 0 atom stereocenters. The summed E-state index contributed by atoms with van der Waals surface area (Å²) in [6.07, 6.45) is -0.222. The van der Waals surface area contributed by atoms with E-state index < -0.39 is 17.6 Å². The van der Waals surface area contributed by atoms with Crippen LogP contribution in [0.2, 0.25) is 0 Å². The van der Waals surface area contributed by atoms with Gasteiger partial charge in [0.1, 0.15) is 0 Å². The first-order valence-corrected chi connectivity index (χ1v) is 7.70. The molecule has 2 rings (SSSR count). The van der Waals surface area contributed by atoms with Crippen LogP contribution in [0.3, 0.4) is 0 Å². The molecule has 1 amide bonds. The fourth-order valence-electron chi connectivity index (χ4n) is 2.05. The lowest BCUT2D eigenvalue weighted by molar-refractivity contribution is -0.137. The number of carbonyl (C=O) groups is 2. The number of carbonyl (C=O) groups excluding carboxylic acids is 1. The van der Waals surface area contributed by atoms with E-state index in [1.165, 1.54) is 22.3 Å². The van der Waals surface area contributed by atoms with Crippen molar-refractivity contribution in [3.05, 3.63) is 57.3 Å². The lowest BCUT2D eigenvalue weighted by atomic mass is 10.2. The maximum absolute atomic E-state index is 13.3. The highest BCUT2D eigenvalue weighted by atomic mass is 32.1. The molecule has 122 valence electrons. The Kier molecular flexibility index (Phi) is 5.44. The van der Waals surface area contributed by atoms with Gasteiger partial charge in [0.25, 0.3) is 5.91 Å². The highest BCUT2D eigenvalue weighted by molar-refractivity contribution is 7.13. The summed E-state index contributed by atoms with van der Waals surface area (Å²) >= 11 is 1.30. The van der Waals surface area contributed by atoms with Crippen molar-refractivity contribution in [2.75, 3.05) is 6.54 Å². The third kappa shape index (κ3) is 4.59. The number of carboxylic acid groups (broad SMARTS) is 1. The van der Waals surface area contributed by atoms with Gasteiger partial charge in [-0.15, -0.1) is 11.3 Å². The average molecular weight is 339 g/mol. The number of carboxylic acids is 1. The summed E-state index contributed by atoms with van der Waals surface area (Å²) in [6, 6.07) is 6.83. The Morgan fingerprint density at radius 2 is 1.91 bits per heavy atom. The van der Waals surface area contributed by atoms with E-state index in [1.807, 2.05) is 6.92 Å². The predicted molar refractivity (Wildman–Crippen MR) is 82.4 cm³/mol. The topological polar surface area (TPSA) is 57.6 Å². The van der Waals surface area contributed by atoms with Gasteiger partial charge in [-0.25, -0.2) is 8.78 Å². The van der Waals surface area contributed by atoms with Crippen LogP contribution in [0.15, 0.2) is 30.3 Å². The van der Waals surface area contributed by atoms with Crippen molar-refractivity contribution in [1.82, 2.24) is 4.90 Å². The molecule has 0 aliphatic carbocycles. The van der Waals surface area contributed by atoms with Crippen molar-refractivity contribution in [3.63, 3.8) is 0 Å². The van der Waals surface area contributed by atoms with Gasteiger partial charge in [0.2, 0.25) is 0 Å². The van der Waals surface area contributed by atoms with E-state index in [-0.39, 0.29) is 25.4 Å². The number of amides is 1. The van der Waals surface area contributed by atoms with E-state index in [4.69, 9.17) is 5.11 Å². The van der Waals surface area contributed by atoms with Gasteiger partial charge < -0.3 is 10.0 Å². The molecule has 7 heteroatoms. The lowest BCUT2D eigenvalue weighted by Gasteiger charge is -2.21. The van der Waals surface area contributed by atoms with Gasteiger partial charge in [0.15, 0.2) is 11.6 Å². The van der Waals surface area contributed by atoms with Crippen LogP contribution < -0.4 is 0 Å². The molecular weight excluding hydrogens is 324 g/mol. The highest BCUT2D eigenvalue weighted by Crippen LogP contribution is 2.19. The molecule has 0 radical (unpaired) electrons. The number of thiophene rings is 1. The molecule has 23 heavy (non-hydrogen) atoms. The van der Waals surface area contributed by atoms with Crippen molar-refractivity contribution in [1.29, 1.82) is 0 Å². The fraction of sp³-hybridized carbons (Fsp3) is 0.250. The second-order valence-electron chi connectivity index (χ2n) is 5.03. The third-order valence-electron chi connectivity index (χ3n) is 3.19. The molecule has 2 aromatic rings. The maximum atomic E-state index is 13.3. The van der Waals surface area contributed by atoms with E-state index in [2.05, 4.69) is 0 Å². The molecule has 0 fully saturated rings. The molecular formula is C16H15F2NO3S. The largest absolute Gasteiger partial charge is 0.481 e. The standard InChI is InChI=1S/C16H15F2NO3S/c1-10-2-5-14(23-10)16(22)19(7-6-15(20)21)9-11-3-4-12(17)13(18)8-11/h2-5,8H,6-7,9H2,1H3,(H,20,21). The molecule has 0 bridgehead atoms. The molecule has 1 aromatic heterocycles. The van der Waals surface area contributed by atoms with Gasteiger partial charge in [-0.1, -0.05) is 6.07 Å². The Morgan fingerprint density at radius 1 is 1.17 bits per heavy atom. The van der Waals surface area contributed by atoms with Crippen LogP contribution in [0.25, 0.3) is 0 Å². The minimum Gasteiger partial charge on any atom is -0.481 e. The molecule has 0 unspecified atom stereocenters. The Balaban J connectivity index is 2.20. The average Bonchev–Trinajstić information content (AvgIpc) is 2.92. The van der Waals surface area contributed by atoms with Crippen molar-refractivity contribution in [3.8, 4) is 0 Å². The predicted octanol–water partition coefficient (Wildman–Crippen LogP) is 3.45. The Morgan fingerprint density at radius 3 is 2.48 bits per heavy atom. The zero-order valence-electron chi connectivity index (χ0n) is 12.4. The second-order valence-corrected chi connectivity index (χ2v) is 6.32. The van der Waals surface area contributed by atoms with Crippen molar-refractivity contribution in [2.24, 2.45) is 0 Å². The number of rotatable bonds is 6. The quantitative estimate of drug-likeness (QED) is 0.877. The van der Waals surface area contributed by atoms with Crippen LogP contribution in [0, 0.1) is 18.6 Å². The third-order valence-corrected chi connectivity index (χ3v) is 4.18. The maximum Gasteiger partial charge on any atom is 0.305 e. The summed E-state index contributed by atoms with van der Waals surface area (Å²) < 4.78 is 26.3. The first-order valence-electron chi connectivity index (χ1n) is 6.88. The van der Waals surface area contributed by atoms with Crippen LogP contribution in [0.4, 0.5) is 8.78 Å². The minimum atomic E-state index is -1.03. The van der Waals surface area contributed by atoms with Gasteiger partial charge >= 0.3 is 5.97 Å². The molecule has 0 aliphatic heterocycles. The number of aryl methyl sites for hydroxylation is 1. The van der Waals surface area contributed by atoms with Crippen LogP contribution in [-0.2, 0) is 11.3 Å². The summed E-state index contributed by atoms with van der Waals surface area (Å²) in [5.74, 6) is -3.32. The number of halogens is 2. The molecule has 1 N–H and O–H groups in total. The van der Waals surface area contributed by atoms with Gasteiger partial charge in [-0.05, 0) is 36.8 Å². The van der Waals surface area contributed by atoms with E-state index in [1.54, 1.807) is 12.1 Å². The van der Waals surface area contributed by atoms with Crippen LogP contribution in [0.1, 0.15) is 26.5 Å². The number of hydrogen-bond acceptors (Lipinski definition) is 3. The molecule has 1 heterocycles. The van der Waals surface area contributed by atoms with E-state index >= 15 is 0 Å². The zero-order chi connectivity index (χ0) is 17.0. The second kappa shape index (κ2) is 7.32. The number of nitrogens with zero attached hydrogens (tertiary/aromatic N) is 1. The summed E-state index contributed by atoms with van der Waals surface area (Å²) in [5, 5.41) is 8.82. The summed E-state index contributed by atoms with van der Waals surface area (Å²) in [5.41, 5.74) is 0.399. The smallest absolute Gasteiger partial charge is 0.305 e. The van der Waals surface area contributed by atoms with Crippen molar-refractivity contribution < 1.29 is 23.5 Å². The normalized spacial score (nSPS) is 10.6.